The normalized spacial score (nSPS) is 12.4. The van der Waals surface area contributed by atoms with Crippen LogP contribution in [0.15, 0.2) is 273 Å². The van der Waals surface area contributed by atoms with E-state index in [1.54, 1.807) is 0 Å². The Hall–Kier alpha value is -8.52. The van der Waals surface area contributed by atoms with Gasteiger partial charge in [0.1, 0.15) is 0 Å². The molecular weight excluding hydrogens is 795 g/mol. The Kier molecular flexibility index (Phi) is 9.81. The molecule has 0 spiro atoms. The summed E-state index contributed by atoms with van der Waals surface area (Å²) in [6.45, 7) is 0. The molecule has 0 saturated carbocycles. The fourth-order valence-corrected chi connectivity index (χ4v) is 10.8. The van der Waals surface area contributed by atoms with Crippen LogP contribution in [-0.4, -0.2) is 0 Å². The zero-order valence-corrected chi connectivity index (χ0v) is 36.4. The first-order valence-electron chi connectivity index (χ1n) is 22.8. The Morgan fingerprint density at radius 2 is 0.697 bits per heavy atom. The van der Waals surface area contributed by atoms with Crippen molar-refractivity contribution < 1.29 is 0 Å². The fraction of sp³-hybridized carbons (Fsp3) is 0.0154. The van der Waals surface area contributed by atoms with Crippen LogP contribution in [0, 0.1) is 0 Å². The molecule has 0 amide bonds. The van der Waals surface area contributed by atoms with Crippen molar-refractivity contribution in [1.82, 2.24) is 0 Å². The summed E-state index contributed by atoms with van der Waals surface area (Å²) < 4.78 is 0. The molecule has 0 radical (unpaired) electrons. The topological polar surface area (TPSA) is 3.24 Å². The summed E-state index contributed by atoms with van der Waals surface area (Å²) in [6.07, 6.45) is 0. The zero-order chi connectivity index (χ0) is 43.9. The number of hydrogen-bond donors (Lipinski definition) is 0. The molecule has 0 aromatic heterocycles. The highest BCUT2D eigenvalue weighted by Crippen LogP contribution is 2.60. The molecule has 1 nitrogen and oxygen atoms in total. The average molecular weight is 840 g/mol. The summed E-state index contributed by atoms with van der Waals surface area (Å²) in [6, 6.07) is 100. The van der Waals surface area contributed by atoms with E-state index in [-0.39, 0.29) is 0 Å². The maximum atomic E-state index is 2.52. The Morgan fingerprint density at radius 1 is 0.258 bits per heavy atom. The molecule has 0 atom stereocenters. The van der Waals surface area contributed by atoms with Gasteiger partial charge in [0.15, 0.2) is 0 Å². The second-order valence-corrected chi connectivity index (χ2v) is 17.1. The molecule has 11 aromatic carbocycles. The third kappa shape index (κ3) is 6.39. The van der Waals surface area contributed by atoms with Crippen LogP contribution in [-0.2, 0) is 5.41 Å². The Bertz CT molecular complexity index is 3470. The van der Waals surface area contributed by atoms with Gasteiger partial charge in [0.2, 0.25) is 0 Å². The Balaban J connectivity index is 1.12. The van der Waals surface area contributed by atoms with Crippen molar-refractivity contribution in [3.63, 3.8) is 0 Å². The predicted molar refractivity (Wildman–Crippen MR) is 278 cm³/mol. The van der Waals surface area contributed by atoms with Crippen molar-refractivity contribution in [1.29, 1.82) is 0 Å². The highest BCUT2D eigenvalue weighted by atomic mass is 15.1. The summed E-state index contributed by atoms with van der Waals surface area (Å²) >= 11 is 0. The predicted octanol–water partition coefficient (Wildman–Crippen LogP) is 17.3. The van der Waals surface area contributed by atoms with Gasteiger partial charge in [-0.05, 0) is 102 Å². The van der Waals surface area contributed by atoms with Crippen LogP contribution in [0.25, 0.3) is 66.4 Å². The van der Waals surface area contributed by atoms with Crippen LogP contribution in [0.4, 0.5) is 17.1 Å². The quantitative estimate of drug-likeness (QED) is 0.140. The van der Waals surface area contributed by atoms with Gasteiger partial charge < -0.3 is 4.90 Å². The van der Waals surface area contributed by atoms with Gasteiger partial charge in [-0.3, -0.25) is 0 Å². The van der Waals surface area contributed by atoms with Gasteiger partial charge in [0, 0.05) is 16.8 Å². The molecule has 66 heavy (non-hydrogen) atoms. The van der Waals surface area contributed by atoms with Crippen molar-refractivity contribution in [3.8, 4) is 55.6 Å². The van der Waals surface area contributed by atoms with Crippen LogP contribution in [0.3, 0.4) is 0 Å². The first-order chi connectivity index (χ1) is 32.8. The highest BCUT2D eigenvalue weighted by Gasteiger charge is 2.47. The van der Waals surface area contributed by atoms with Gasteiger partial charge in [0.25, 0.3) is 0 Å². The lowest BCUT2D eigenvalue weighted by Gasteiger charge is -2.34. The summed E-state index contributed by atoms with van der Waals surface area (Å²) in [4.78, 5) is 2.52. The molecule has 1 aliphatic rings. The van der Waals surface area contributed by atoms with Gasteiger partial charge in [-0.2, -0.15) is 0 Å². The molecule has 0 bridgehead atoms. The van der Waals surface area contributed by atoms with Crippen molar-refractivity contribution >= 4 is 27.8 Å². The lowest BCUT2D eigenvalue weighted by molar-refractivity contribution is 0.768. The highest BCUT2D eigenvalue weighted by molar-refractivity contribution is 6.02. The third-order valence-corrected chi connectivity index (χ3v) is 13.6. The molecule has 0 N–H and O–H groups in total. The van der Waals surface area contributed by atoms with E-state index in [0.29, 0.717) is 0 Å². The van der Waals surface area contributed by atoms with Crippen molar-refractivity contribution in [2.75, 3.05) is 4.90 Å². The van der Waals surface area contributed by atoms with E-state index in [1.165, 1.54) is 83.1 Å². The van der Waals surface area contributed by atoms with E-state index >= 15 is 0 Å². The van der Waals surface area contributed by atoms with E-state index in [9.17, 15) is 0 Å². The van der Waals surface area contributed by atoms with Crippen LogP contribution >= 0.6 is 0 Å². The average Bonchev–Trinajstić information content (AvgIpc) is 3.71. The van der Waals surface area contributed by atoms with Gasteiger partial charge in [-0.1, -0.05) is 249 Å². The molecule has 1 heteroatoms. The number of nitrogens with zero attached hydrogens (tertiary/aromatic N) is 1. The first kappa shape index (κ1) is 39.1. The minimum absolute atomic E-state index is 0.540. The van der Waals surface area contributed by atoms with Crippen molar-refractivity contribution in [2.45, 2.75) is 5.41 Å². The monoisotopic (exact) mass is 839 g/mol. The summed E-state index contributed by atoms with van der Waals surface area (Å²) in [5.74, 6) is 0. The van der Waals surface area contributed by atoms with Crippen LogP contribution in [0.5, 0.6) is 0 Å². The van der Waals surface area contributed by atoms with Gasteiger partial charge in [-0.15, -0.1) is 0 Å². The van der Waals surface area contributed by atoms with Crippen molar-refractivity contribution in [2.24, 2.45) is 0 Å². The second kappa shape index (κ2) is 16.6. The standard InChI is InChI=1S/C65H45N/c1-4-22-46(23-5-1)54-31-12-13-32-55(54)56-33-14-15-34-57(56)58-35-17-19-40-62(58)66(51-44-42-48(43-45-51)53-37-20-25-47-24-10-11-30-52(47)53)63-41-21-39-61-64(63)59-36-16-18-38-60(59)65(61,49-26-6-2-7-27-49)50-28-8-3-9-29-50/h1-45H. The Morgan fingerprint density at radius 3 is 1.39 bits per heavy atom. The summed E-state index contributed by atoms with van der Waals surface area (Å²) in [5, 5.41) is 2.49. The van der Waals surface area contributed by atoms with E-state index in [2.05, 4.69) is 278 Å². The molecule has 1 aliphatic carbocycles. The second-order valence-electron chi connectivity index (χ2n) is 17.1. The van der Waals surface area contributed by atoms with Crippen LogP contribution in [0.2, 0.25) is 0 Å². The minimum Gasteiger partial charge on any atom is -0.309 e. The molecule has 0 heterocycles. The molecule has 0 fully saturated rings. The zero-order valence-electron chi connectivity index (χ0n) is 36.4. The fourth-order valence-electron chi connectivity index (χ4n) is 10.8. The van der Waals surface area contributed by atoms with E-state index in [4.69, 9.17) is 0 Å². The molecule has 0 saturated heterocycles. The maximum Gasteiger partial charge on any atom is 0.0714 e. The third-order valence-electron chi connectivity index (χ3n) is 13.6. The first-order valence-corrected chi connectivity index (χ1v) is 22.8. The van der Waals surface area contributed by atoms with E-state index in [1.807, 2.05) is 0 Å². The van der Waals surface area contributed by atoms with E-state index in [0.717, 1.165) is 22.6 Å². The SMILES string of the molecule is c1ccc(-c2ccccc2-c2ccccc2-c2ccccc2N(c2ccc(-c3cccc4ccccc34)cc2)c2cccc3c2-c2ccccc2C3(c2ccccc2)c2ccccc2)cc1. The molecule has 12 rings (SSSR count). The van der Waals surface area contributed by atoms with Gasteiger partial charge in [0.05, 0.1) is 16.8 Å². The minimum atomic E-state index is -0.540. The molecule has 0 aliphatic heterocycles. The van der Waals surface area contributed by atoms with Crippen LogP contribution < -0.4 is 4.90 Å². The molecule has 0 unspecified atom stereocenters. The number of anilines is 3. The summed E-state index contributed by atoms with van der Waals surface area (Å²) in [5.41, 5.74) is 19.8. The number of para-hydroxylation sites is 1. The van der Waals surface area contributed by atoms with Gasteiger partial charge >= 0.3 is 0 Å². The maximum absolute atomic E-state index is 2.52. The number of benzene rings is 11. The smallest absolute Gasteiger partial charge is 0.0714 e. The lowest BCUT2D eigenvalue weighted by atomic mass is 9.68. The largest absolute Gasteiger partial charge is 0.309 e. The van der Waals surface area contributed by atoms with Gasteiger partial charge in [-0.25, -0.2) is 0 Å². The molecular formula is C65H45N. The Labute approximate surface area is 387 Å². The van der Waals surface area contributed by atoms with Crippen molar-refractivity contribution in [3.05, 3.63) is 295 Å². The summed E-state index contributed by atoms with van der Waals surface area (Å²) in [7, 11) is 0. The lowest BCUT2D eigenvalue weighted by Crippen LogP contribution is -2.28. The molecule has 11 aromatic rings. The number of fused-ring (bicyclic) bond motifs is 4. The number of hydrogen-bond acceptors (Lipinski definition) is 1. The van der Waals surface area contributed by atoms with E-state index < -0.39 is 5.41 Å². The molecule has 310 valence electrons. The number of rotatable bonds is 9. The van der Waals surface area contributed by atoms with Crippen LogP contribution in [0.1, 0.15) is 22.3 Å².